The van der Waals surface area contributed by atoms with Gasteiger partial charge in [0.1, 0.15) is 5.82 Å². The predicted octanol–water partition coefficient (Wildman–Crippen LogP) is 4.93. The molecule has 0 spiro atoms. The van der Waals surface area contributed by atoms with Gasteiger partial charge in [-0.2, -0.15) is 13.2 Å². The Kier molecular flexibility index (Phi) is 4.58. The van der Waals surface area contributed by atoms with Crippen molar-refractivity contribution in [1.29, 1.82) is 0 Å². The van der Waals surface area contributed by atoms with Gasteiger partial charge in [-0.05, 0) is 34.9 Å². The van der Waals surface area contributed by atoms with E-state index in [0.717, 1.165) is 22.3 Å². The number of pyridine rings is 1. The SMILES string of the molecule is OC1(C(F)(F)F)CC(c2ccc(-c3cncc(-c4ccc(F)cc4)c3)cc2)=NO1. The van der Waals surface area contributed by atoms with Crippen molar-refractivity contribution in [2.24, 2.45) is 5.16 Å². The number of alkyl halides is 3. The Morgan fingerprint density at radius 2 is 1.34 bits per heavy atom. The normalized spacial score (nSPS) is 19.0. The van der Waals surface area contributed by atoms with Crippen LogP contribution in [-0.2, 0) is 4.84 Å². The molecule has 2 heterocycles. The van der Waals surface area contributed by atoms with E-state index in [1.54, 1.807) is 48.8 Å². The topological polar surface area (TPSA) is 54.7 Å². The van der Waals surface area contributed by atoms with E-state index in [9.17, 15) is 22.7 Å². The molecule has 4 rings (SSSR count). The first-order chi connectivity index (χ1) is 13.7. The highest BCUT2D eigenvalue weighted by Gasteiger charge is 2.60. The van der Waals surface area contributed by atoms with E-state index in [0.29, 0.717) is 5.56 Å². The zero-order valence-corrected chi connectivity index (χ0v) is 14.8. The van der Waals surface area contributed by atoms with Gasteiger partial charge in [0.2, 0.25) is 0 Å². The Morgan fingerprint density at radius 1 is 0.828 bits per heavy atom. The molecule has 0 fully saturated rings. The van der Waals surface area contributed by atoms with Gasteiger partial charge in [0.25, 0.3) is 0 Å². The van der Waals surface area contributed by atoms with Crippen molar-refractivity contribution in [2.75, 3.05) is 0 Å². The van der Waals surface area contributed by atoms with Crippen LogP contribution in [-0.4, -0.2) is 27.8 Å². The van der Waals surface area contributed by atoms with Gasteiger partial charge in [0, 0.05) is 23.5 Å². The molecule has 3 aromatic rings. The lowest BCUT2D eigenvalue weighted by molar-refractivity contribution is -0.355. The molecule has 1 aromatic heterocycles. The van der Waals surface area contributed by atoms with E-state index in [2.05, 4.69) is 15.0 Å². The quantitative estimate of drug-likeness (QED) is 0.632. The van der Waals surface area contributed by atoms with E-state index in [4.69, 9.17) is 0 Å². The number of hydrogen-bond donors (Lipinski definition) is 1. The summed E-state index contributed by atoms with van der Waals surface area (Å²) in [6.45, 7) is 0. The summed E-state index contributed by atoms with van der Waals surface area (Å²) < 4.78 is 51.6. The van der Waals surface area contributed by atoms with Gasteiger partial charge in [0.15, 0.2) is 0 Å². The van der Waals surface area contributed by atoms with Crippen molar-refractivity contribution in [1.82, 2.24) is 4.98 Å². The molecule has 0 saturated heterocycles. The summed E-state index contributed by atoms with van der Waals surface area (Å²) in [7, 11) is 0. The molecular weight excluding hydrogens is 388 g/mol. The van der Waals surface area contributed by atoms with Gasteiger partial charge in [-0.15, -0.1) is 0 Å². The molecule has 8 heteroatoms. The van der Waals surface area contributed by atoms with Crippen LogP contribution >= 0.6 is 0 Å². The van der Waals surface area contributed by atoms with Gasteiger partial charge < -0.3 is 9.94 Å². The first-order valence-electron chi connectivity index (χ1n) is 8.61. The van der Waals surface area contributed by atoms with Crippen molar-refractivity contribution in [2.45, 2.75) is 18.4 Å². The van der Waals surface area contributed by atoms with E-state index >= 15 is 0 Å². The molecule has 4 nitrogen and oxygen atoms in total. The Balaban J connectivity index is 1.56. The number of nitrogens with zero attached hydrogens (tertiary/aromatic N) is 2. The molecule has 1 N–H and O–H groups in total. The van der Waals surface area contributed by atoms with Crippen LogP contribution in [0.4, 0.5) is 17.6 Å². The number of aromatic nitrogens is 1. The van der Waals surface area contributed by atoms with E-state index in [-0.39, 0.29) is 11.5 Å². The Labute approximate surface area is 163 Å². The molecule has 0 saturated carbocycles. The first kappa shape index (κ1) is 19.1. The number of hydrogen-bond acceptors (Lipinski definition) is 4. The lowest BCUT2D eigenvalue weighted by Crippen LogP contribution is -2.45. The molecule has 0 bridgehead atoms. The monoisotopic (exact) mass is 402 g/mol. The number of oxime groups is 1. The second kappa shape index (κ2) is 6.97. The Hall–Kier alpha value is -3.26. The molecule has 29 heavy (non-hydrogen) atoms. The van der Waals surface area contributed by atoms with Crippen LogP contribution in [0.1, 0.15) is 12.0 Å². The summed E-state index contributed by atoms with van der Waals surface area (Å²) in [6.07, 6.45) is -2.41. The zero-order chi connectivity index (χ0) is 20.6. The molecule has 1 aliphatic heterocycles. The second-order valence-electron chi connectivity index (χ2n) is 6.63. The van der Waals surface area contributed by atoms with Crippen LogP contribution in [0, 0.1) is 5.82 Å². The molecule has 148 valence electrons. The molecule has 0 radical (unpaired) electrons. The Bertz CT molecular complexity index is 1060. The average Bonchev–Trinajstić information content (AvgIpc) is 3.12. The maximum Gasteiger partial charge on any atom is 0.458 e. The van der Waals surface area contributed by atoms with Crippen LogP contribution in [0.25, 0.3) is 22.3 Å². The van der Waals surface area contributed by atoms with Gasteiger partial charge in [-0.3, -0.25) is 4.98 Å². The van der Waals surface area contributed by atoms with E-state index in [1.165, 1.54) is 12.1 Å². The van der Waals surface area contributed by atoms with Crippen LogP contribution in [0.15, 0.2) is 72.1 Å². The highest BCUT2D eigenvalue weighted by atomic mass is 19.4. The largest absolute Gasteiger partial charge is 0.458 e. The van der Waals surface area contributed by atoms with Gasteiger partial charge in [-0.25, -0.2) is 4.39 Å². The highest BCUT2D eigenvalue weighted by Crippen LogP contribution is 2.39. The van der Waals surface area contributed by atoms with Crippen molar-refractivity contribution in [3.63, 3.8) is 0 Å². The molecular formula is C21H14F4N2O2. The predicted molar refractivity (Wildman–Crippen MR) is 98.3 cm³/mol. The van der Waals surface area contributed by atoms with Crippen LogP contribution < -0.4 is 0 Å². The summed E-state index contributed by atoms with van der Waals surface area (Å²) in [4.78, 5) is 8.45. The van der Waals surface area contributed by atoms with Crippen molar-refractivity contribution >= 4 is 5.71 Å². The molecule has 1 aliphatic rings. The van der Waals surface area contributed by atoms with Crippen molar-refractivity contribution in [3.8, 4) is 22.3 Å². The second-order valence-corrected chi connectivity index (χ2v) is 6.63. The zero-order valence-electron chi connectivity index (χ0n) is 14.8. The summed E-state index contributed by atoms with van der Waals surface area (Å²) >= 11 is 0. The fraction of sp³-hybridized carbons (Fsp3) is 0.143. The fourth-order valence-electron chi connectivity index (χ4n) is 2.98. The minimum atomic E-state index is -4.94. The summed E-state index contributed by atoms with van der Waals surface area (Å²) in [5, 5.41) is 12.9. The van der Waals surface area contributed by atoms with Crippen molar-refractivity contribution in [3.05, 3.63) is 78.4 Å². The Morgan fingerprint density at radius 3 is 1.86 bits per heavy atom. The first-order valence-corrected chi connectivity index (χ1v) is 8.61. The van der Waals surface area contributed by atoms with E-state index in [1.807, 2.05) is 6.07 Å². The third-order valence-electron chi connectivity index (χ3n) is 4.62. The molecule has 1 unspecified atom stereocenters. The maximum absolute atomic E-state index is 13.1. The number of aliphatic hydroxyl groups is 1. The average molecular weight is 402 g/mol. The van der Waals surface area contributed by atoms with Gasteiger partial charge in [-0.1, -0.05) is 41.6 Å². The lowest BCUT2D eigenvalue weighted by Gasteiger charge is -2.22. The van der Waals surface area contributed by atoms with Crippen LogP contribution in [0.3, 0.4) is 0 Å². The van der Waals surface area contributed by atoms with Crippen LogP contribution in [0.2, 0.25) is 0 Å². The maximum atomic E-state index is 13.1. The smallest absolute Gasteiger partial charge is 0.350 e. The summed E-state index contributed by atoms with van der Waals surface area (Å²) in [6, 6.07) is 14.6. The highest BCUT2D eigenvalue weighted by molar-refractivity contribution is 6.01. The number of halogens is 4. The van der Waals surface area contributed by atoms with Crippen molar-refractivity contribution < 1.29 is 27.5 Å². The molecule has 0 amide bonds. The number of benzene rings is 2. The molecule has 1 atom stereocenters. The van der Waals surface area contributed by atoms with Gasteiger partial charge >= 0.3 is 12.0 Å². The summed E-state index contributed by atoms with van der Waals surface area (Å²) in [5.41, 5.74) is 3.60. The molecule has 2 aromatic carbocycles. The fourth-order valence-corrected chi connectivity index (χ4v) is 2.98. The minimum absolute atomic E-state index is 0.00885. The standard InChI is InChI=1S/C21H14F4N2O2/c22-18-7-5-14(6-8-18)17-9-16(11-26-12-17)13-1-3-15(4-2-13)19-10-20(28,29-27-19)21(23,24)25/h1-9,11-12,28H,10H2. The minimum Gasteiger partial charge on any atom is -0.350 e. The third-order valence-corrected chi connectivity index (χ3v) is 4.62. The molecule has 0 aliphatic carbocycles. The number of rotatable bonds is 3. The van der Waals surface area contributed by atoms with Crippen LogP contribution in [0.5, 0.6) is 0 Å². The van der Waals surface area contributed by atoms with E-state index < -0.39 is 18.4 Å². The third kappa shape index (κ3) is 3.71. The lowest BCUT2D eigenvalue weighted by atomic mass is 9.98. The summed E-state index contributed by atoms with van der Waals surface area (Å²) in [5.74, 6) is -3.63. The van der Waals surface area contributed by atoms with Gasteiger partial charge in [0.05, 0.1) is 12.1 Å².